The molecule has 0 saturated carbocycles. The third kappa shape index (κ3) is 5.31. The van der Waals surface area contributed by atoms with E-state index in [0.717, 1.165) is 5.56 Å². The average Bonchev–Trinajstić information content (AvgIpc) is 2.49. The Labute approximate surface area is 131 Å². The minimum absolute atomic E-state index is 0.190. The molecule has 0 amide bonds. The molecule has 0 aromatic heterocycles. The first kappa shape index (κ1) is 17.9. The van der Waals surface area contributed by atoms with Crippen LogP contribution in [0.15, 0.2) is 18.2 Å². The van der Waals surface area contributed by atoms with Gasteiger partial charge in [0.25, 0.3) is 0 Å². The molecule has 0 atom stereocenters. The van der Waals surface area contributed by atoms with Crippen LogP contribution in [0, 0.1) is 5.92 Å². The van der Waals surface area contributed by atoms with E-state index in [4.69, 9.17) is 18.9 Å². The van der Waals surface area contributed by atoms with Gasteiger partial charge in [0.15, 0.2) is 11.5 Å². The number of methoxy groups -OCH3 is 3. The van der Waals surface area contributed by atoms with E-state index in [-0.39, 0.29) is 12.6 Å². The maximum absolute atomic E-state index is 11.4. The van der Waals surface area contributed by atoms with Gasteiger partial charge in [-0.15, -0.1) is 0 Å². The topological polar surface area (TPSA) is 54.0 Å². The number of carbonyl (C=O) groups is 1. The lowest BCUT2D eigenvalue weighted by Gasteiger charge is -2.12. The van der Waals surface area contributed by atoms with E-state index in [1.165, 1.54) is 0 Å². The molecule has 22 heavy (non-hydrogen) atoms. The summed E-state index contributed by atoms with van der Waals surface area (Å²) >= 11 is 0. The highest BCUT2D eigenvalue weighted by atomic mass is 16.5. The molecule has 0 aliphatic rings. The molecule has 122 valence electrons. The maximum atomic E-state index is 11.4. The first-order valence-corrected chi connectivity index (χ1v) is 7.14. The summed E-state index contributed by atoms with van der Waals surface area (Å²) in [5.41, 5.74) is 0.870. The standard InChI is InChI=1S/C17H24O5/c1-12(2)9-16(18)22-8-6-7-13-10-14(19-3)17(21-5)15(11-13)20-4/h6-7,10-12H,8-9H2,1-5H3/b7-6+. The van der Waals surface area contributed by atoms with Crippen molar-refractivity contribution in [1.82, 2.24) is 0 Å². The van der Waals surface area contributed by atoms with Gasteiger partial charge < -0.3 is 18.9 Å². The normalized spacial score (nSPS) is 10.8. The minimum atomic E-state index is -0.190. The molecule has 5 nitrogen and oxygen atoms in total. The van der Waals surface area contributed by atoms with Gasteiger partial charge in [0.05, 0.1) is 21.3 Å². The Morgan fingerprint density at radius 3 is 2.14 bits per heavy atom. The average molecular weight is 308 g/mol. The quantitative estimate of drug-likeness (QED) is 0.690. The Kier molecular flexibility index (Phi) is 7.29. The number of ether oxygens (including phenoxy) is 4. The Morgan fingerprint density at radius 2 is 1.68 bits per heavy atom. The number of rotatable bonds is 8. The molecular formula is C17H24O5. The van der Waals surface area contributed by atoms with Crippen molar-refractivity contribution < 1.29 is 23.7 Å². The summed E-state index contributed by atoms with van der Waals surface area (Å²) < 4.78 is 21.0. The lowest BCUT2D eigenvalue weighted by Crippen LogP contribution is -2.07. The molecule has 5 heteroatoms. The van der Waals surface area contributed by atoms with Crippen molar-refractivity contribution in [2.75, 3.05) is 27.9 Å². The van der Waals surface area contributed by atoms with Crippen LogP contribution < -0.4 is 14.2 Å². The van der Waals surface area contributed by atoms with Crippen LogP contribution in [-0.4, -0.2) is 33.9 Å². The first-order valence-electron chi connectivity index (χ1n) is 7.14. The Morgan fingerprint density at radius 1 is 1.09 bits per heavy atom. The molecule has 0 N–H and O–H groups in total. The molecule has 1 aromatic carbocycles. The van der Waals surface area contributed by atoms with Gasteiger partial charge in [0.2, 0.25) is 5.75 Å². The van der Waals surface area contributed by atoms with E-state index >= 15 is 0 Å². The predicted octanol–water partition coefficient (Wildman–Crippen LogP) is 3.31. The molecule has 1 aromatic rings. The summed E-state index contributed by atoms with van der Waals surface area (Å²) in [5.74, 6) is 1.82. The zero-order valence-electron chi connectivity index (χ0n) is 13.8. The summed E-state index contributed by atoms with van der Waals surface area (Å²) in [6, 6.07) is 3.65. The number of benzene rings is 1. The van der Waals surface area contributed by atoms with Gasteiger partial charge >= 0.3 is 5.97 Å². The summed E-state index contributed by atoms with van der Waals surface area (Å²) in [6.07, 6.45) is 4.05. The fourth-order valence-corrected chi connectivity index (χ4v) is 1.92. The Bertz CT molecular complexity index is 495. The summed E-state index contributed by atoms with van der Waals surface area (Å²) in [7, 11) is 4.70. The van der Waals surface area contributed by atoms with Crippen LogP contribution in [0.2, 0.25) is 0 Å². The van der Waals surface area contributed by atoms with E-state index in [1.807, 2.05) is 32.1 Å². The third-order valence-electron chi connectivity index (χ3n) is 2.91. The van der Waals surface area contributed by atoms with Crippen LogP contribution in [-0.2, 0) is 9.53 Å². The van der Waals surface area contributed by atoms with E-state index in [0.29, 0.717) is 29.6 Å². The van der Waals surface area contributed by atoms with Gasteiger partial charge in [-0.25, -0.2) is 0 Å². The van der Waals surface area contributed by atoms with E-state index < -0.39 is 0 Å². The fraction of sp³-hybridized carbons (Fsp3) is 0.471. The van der Waals surface area contributed by atoms with Crippen molar-refractivity contribution in [2.24, 2.45) is 5.92 Å². The Balaban J connectivity index is 2.73. The number of hydrogen-bond acceptors (Lipinski definition) is 5. The molecule has 0 spiro atoms. The lowest BCUT2D eigenvalue weighted by atomic mass is 10.1. The molecule has 1 rings (SSSR count). The smallest absolute Gasteiger partial charge is 0.306 e. The molecule has 0 unspecified atom stereocenters. The van der Waals surface area contributed by atoms with Crippen LogP contribution in [0.3, 0.4) is 0 Å². The number of carbonyl (C=O) groups excluding carboxylic acids is 1. The molecule has 0 aliphatic heterocycles. The van der Waals surface area contributed by atoms with Crippen molar-refractivity contribution in [1.29, 1.82) is 0 Å². The van der Waals surface area contributed by atoms with Gasteiger partial charge in [-0.05, 0) is 29.7 Å². The molecular weight excluding hydrogens is 284 g/mol. The maximum Gasteiger partial charge on any atom is 0.306 e. The molecule has 0 radical (unpaired) electrons. The summed E-state index contributed by atoms with van der Waals surface area (Å²) in [5, 5.41) is 0. The highest BCUT2D eigenvalue weighted by molar-refractivity contribution is 5.70. The minimum Gasteiger partial charge on any atom is -0.493 e. The van der Waals surface area contributed by atoms with Gasteiger partial charge in [0.1, 0.15) is 6.61 Å². The highest BCUT2D eigenvalue weighted by Crippen LogP contribution is 2.38. The zero-order chi connectivity index (χ0) is 16.5. The van der Waals surface area contributed by atoms with Gasteiger partial charge in [-0.1, -0.05) is 19.9 Å². The van der Waals surface area contributed by atoms with Crippen LogP contribution >= 0.6 is 0 Å². The van der Waals surface area contributed by atoms with Crippen LogP contribution in [0.25, 0.3) is 6.08 Å². The van der Waals surface area contributed by atoms with E-state index in [9.17, 15) is 4.79 Å². The second-order valence-corrected chi connectivity index (χ2v) is 5.14. The molecule has 0 fully saturated rings. The van der Waals surface area contributed by atoms with Crippen molar-refractivity contribution in [2.45, 2.75) is 20.3 Å². The Hall–Kier alpha value is -2.17. The third-order valence-corrected chi connectivity index (χ3v) is 2.91. The monoisotopic (exact) mass is 308 g/mol. The largest absolute Gasteiger partial charge is 0.493 e. The van der Waals surface area contributed by atoms with Gasteiger partial charge in [-0.3, -0.25) is 4.79 Å². The highest BCUT2D eigenvalue weighted by Gasteiger charge is 2.12. The molecule has 0 heterocycles. The molecule has 0 aliphatic carbocycles. The lowest BCUT2D eigenvalue weighted by molar-refractivity contribution is -0.143. The van der Waals surface area contributed by atoms with Gasteiger partial charge in [-0.2, -0.15) is 0 Å². The van der Waals surface area contributed by atoms with Crippen LogP contribution in [0.5, 0.6) is 17.2 Å². The predicted molar refractivity (Wildman–Crippen MR) is 85.5 cm³/mol. The summed E-state index contributed by atoms with van der Waals surface area (Å²) in [6.45, 7) is 4.20. The second kappa shape index (κ2) is 8.97. The summed E-state index contributed by atoms with van der Waals surface area (Å²) in [4.78, 5) is 11.4. The van der Waals surface area contributed by atoms with Crippen molar-refractivity contribution >= 4 is 12.0 Å². The fourth-order valence-electron chi connectivity index (χ4n) is 1.92. The number of esters is 1. The second-order valence-electron chi connectivity index (χ2n) is 5.14. The van der Waals surface area contributed by atoms with Gasteiger partial charge in [0, 0.05) is 6.42 Å². The van der Waals surface area contributed by atoms with E-state index in [1.54, 1.807) is 27.4 Å². The van der Waals surface area contributed by atoms with Crippen molar-refractivity contribution in [3.63, 3.8) is 0 Å². The zero-order valence-corrected chi connectivity index (χ0v) is 13.8. The van der Waals surface area contributed by atoms with Crippen molar-refractivity contribution in [3.8, 4) is 17.2 Å². The van der Waals surface area contributed by atoms with Crippen LogP contribution in [0.1, 0.15) is 25.8 Å². The van der Waals surface area contributed by atoms with Crippen LogP contribution in [0.4, 0.5) is 0 Å². The SMILES string of the molecule is COc1cc(/C=C/COC(=O)CC(C)C)cc(OC)c1OC. The van der Waals surface area contributed by atoms with Crippen molar-refractivity contribution in [3.05, 3.63) is 23.8 Å². The first-order chi connectivity index (χ1) is 10.5. The molecule has 0 saturated heterocycles. The number of hydrogen-bond donors (Lipinski definition) is 0. The molecule has 0 bridgehead atoms. The van der Waals surface area contributed by atoms with E-state index in [2.05, 4.69) is 0 Å².